The maximum absolute atomic E-state index is 15.0. The van der Waals surface area contributed by atoms with Crippen LogP contribution in [0.5, 0.6) is 5.75 Å². The van der Waals surface area contributed by atoms with Gasteiger partial charge in [-0.2, -0.15) is 5.26 Å². The van der Waals surface area contributed by atoms with E-state index in [0.29, 0.717) is 50.1 Å². The number of carbonyl (C=O) groups excluding carboxylic acids is 1. The number of carbonyl (C=O) groups is 1. The van der Waals surface area contributed by atoms with Crippen LogP contribution in [0.1, 0.15) is 67.7 Å². The number of hydrogen-bond acceptors (Lipinski definition) is 7. The largest absolute Gasteiger partial charge is 0.497 e. The summed E-state index contributed by atoms with van der Waals surface area (Å²) >= 11 is 0. The van der Waals surface area contributed by atoms with Crippen LogP contribution in [0.3, 0.4) is 0 Å². The Bertz CT molecular complexity index is 1450. The lowest BCUT2D eigenvalue weighted by Gasteiger charge is -2.32. The van der Waals surface area contributed by atoms with E-state index in [0.717, 1.165) is 37.5 Å². The molecule has 0 spiro atoms. The number of amides is 1. The van der Waals surface area contributed by atoms with Gasteiger partial charge in [-0.05, 0) is 73.6 Å². The number of nitriles is 1. The molecule has 0 bridgehead atoms. The van der Waals surface area contributed by atoms with Gasteiger partial charge in [-0.15, -0.1) is 10.2 Å². The summed E-state index contributed by atoms with van der Waals surface area (Å²) < 4.78 is 34.1. The summed E-state index contributed by atoms with van der Waals surface area (Å²) in [7, 11) is 1.70. The summed E-state index contributed by atoms with van der Waals surface area (Å²) in [5.41, 5.74) is 1.84. The van der Waals surface area contributed by atoms with Crippen molar-refractivity contribution in [1.29, 1.82) is 5.26 Å². The number of benzene rings is 2. The topological polar surface area (TPSA) is 94.4 Å². The fourth-order valence-corrected chi connectivity index (χ4v) is 6.66. The van der Waals surface area contributed by atoms with Crippen LogP contribution < -0.4 is 15.0 Å². The summed E-state index contributed by atoms with van der Waals surface area (Å²) in [6.07, 6.45) is 8.85. The molecule has 0 saturated carbocycles. The smallest absolute Gasteiger partial charge is 0.228 e. The first kappa shape index (κ1) is 32.3. The zero-order chi connectivity index (χ0) is 31.6. The minimum Gasteiger partial charge on any atom is -0.497 e. The second-order valence-electron chi connectivity index (χ2n) is 12.1. The van der Waals surface area contributed by atoms with Crippen LogP contribution in [0.25, 0.3) is 0 Å². The molecule has 1 N–H and O–H groups in total. The molecule has 238 valence electrons. The van der Waals surface area contributed by atoms with E-state index >= 15 is 0 Å². The monoisotopic (exact) mass is 616 g/mol. The van der Waals surface area contributed by atoms with E-state index in [1.165, 1.54) is 43.4 Å². The van der Waals surface area contributed by atoms with Gasteiger partial charge in [0.05, 0.1) is 13.0 Å². The molecule has 5 rings (SSSR count). The summed E-state index contributed by atoms with van der Waals surface area (Å²) in [5.74, 6) is -0.876. The SMILES string of the molecule is COc1cccc(CCCCCCC2CCCN(C(=O)[C@@H]3CN(c4ccc(C#N)nn4)C[C@H]3c3ccc(F)cc3F)CCN2)c1. The zero-order valence-corrected chi connectivity index (χ0v) is 25.9. The molecule has 1 amide bonds. The molecule has 10 heteroatoms. The third kappa shape index (κ3) is 8.54. The number of hydrogen-bond donors (Lipinski definition) is 1. The third-order valence-corrected chi connectivity index (χ3v) is 9.10. The number of rotatable bonds is 11. The molecule has 1 unspecified atom stereocenters. The van der Waals surface area contributed by atoms with Gasteiger partial charge in [-0.3, -0.25) is 4.79 Å². The molecule has 3 heterocycles. The molecule has 0 aliphatic carbocycles. The highest BCUT2D eigenvalue weighted by Crippen LogP contribution is 2.37. The molecule has 45 heavy (non-hydrogen) atoms. The number of ether oxygens (including phenoxy) is 1. The first-order valence-corrected chi connectivity index (χ1v) is 16.0. The maximum Gasteiger partial charge on any atom is 0.228 e. The predicted octanol–water partition coefficient (Wildman–Crippen LogP) is 5.63. The highest BCUT2D eigenvalue weighted by atomic mass is 19.1. The lowest BCUT2D eigenvalue weighted by atomic mass is 9.87. The van der Waals surface area contributed by atoms with Crippen molar-refractivity contribution in [3.8, 4) is 11.8 Å². The standard InChI is InChI=1S/C35H42F2N6O2/c1-45-29-12-6-9-25(20-29)8-4-2-3-5-10-27-11-7-18-42(19-17-39-27)35(44)32-24-43(34-16-14-28(22-38)40-41-34)23-31(32)30-15-13-26(36)21-33(30)37/h6,9,12-16,20-21,27,31-32,39H,2-5,7-8,10-11,17-19,23-24H2,1H3/t27?,31-,32+/m0/s1. The van der Waals surface area contributed by atoms with Gasteiger partial charge >= 0.3 is 0 Å². The molecule has 1 aromatic heterocycles. The van der Waals surface area contributed by atoms with Crippen molar-refractivity contribution in [3.05, 3.63) is 83.1 Å². The van der Waals surface area contributed by atoms with E-state index in [2.05, 4.69) is 27.6 Å². The van der Waals surface area contributed by atoms with Crippen LogP contribution in [0.4, 0.5) is 14.6 Å². The van der Waals surface area contributed by atoms with E-state index in [1.54, 1.807) is 19.2 Å². The fourth-order valence-electron chi connectivity index (χ4n) is 6.66. The molecular weight excluding hydrogens is 574 g/mol. The molecule has 2 aromatic carbocycles. The Labute approximate surface area is 264 Å². The zero-order valence-electron chi connectivity index (χ0n) is 25.9. The minimum atomic E-state index is -0.650. The molecule has 2 fully saturated rings. The van der Waals surface area contributed by atoms with Crippen LogP contribution >= 0.6 is 0 Å². The molecule has 0 radical (unpaired) electrons. The third-order valence-electron chi connectivity index (χ3n) is 9.10. The first-order chi connectivity index (χ1) is 21.9. The highest BCUT2D eigenvalue weighted by Gasteiger charge is 2.42. The number of anilines is 1. The highest BCUT2D eigenvalue weighted by molar-refractivity contribution is 5.81. The van der Waals surface area contributed by atoms with E-state index in [-0.39, 0.29) is 11.6 Å². The molecule has 2 saturated heterocycles. The number of aryl methyl sites for hydroxylation is 1. The maximum atomic E-state index is 15.0. The Morgan fingerprint density at radius 3 is 2.69 bits per heavy atom. The molecule has 2 aliphatic rings. The second-order valence-corrected chi connectivity index (χ2v) is 12.1. The number of halogens is 2. The van der Waals surface area contributed by atoms with E-state index in [1.807, 2.05) is 28.0 Å². The van der Waals surface area contributed by atoms with Crippen LogP contribution in [0.15, 0.2) is 54.6 Å². The van der Waals surface area contributed by atoms with Crippen molar-refractivity contribution < 1.29 is 18.3 Å². The van der Waals surface area contributed by atoms with Crippen molar-refractivity contribution >= 4 is 11.7 Å². The van der Waals surface area contributed by atoms with Crippen molar-refractivity contribution in [1.82, 2.24) is 20.4 Å². The molecule has 3 aromatic rings. The lowest BCUT2D eigenvalue weighted by Crippen LogP contribution is -2.46. The lowest BCUT2D eigenvalue weighted by molar-refractivity contribution is -0.135. The van der Waals surface area contributed by atoms with Crippen molar-refractivity contribution in [2.24, 2.45) is 5.92 Å². The van der Waals surface area contributed by atoms with Gasteiger partial charge in [-0.25, -0.2) is 8.78 Å². The van der Waals surface area contributed by atoms with Gasteiger partial charge in [0.2, 0.25) is 5.91 Å². The Morgan fingerprint density at radius 1 is 1.04 bits per heavy atom. The predicted molar refractivity (Wildman–Crippen MR) is 169 cm³/mol. The number of nitrogens with one attached hydrogen (secondary N) is 1. The average Bonchev–Trinajstić information content (AvgIpc) is 3.48. The van der Waals surface area contributed by atoms with Gasteiger partial charge in [-0.1, -0.05) is 37.5 Å². The molecule has 2 aliphatic heterocycles. The normalized spacial score (nSPS) is 20.4. The summed E-state index contributed by atoms with van der Waals surface area (Å²) in [4.78, 5) is 17.8. The van der Waals surface area contributed by atoms with Crippen molar-refractivity contribution in [2.75, 3.05) is 44.7 Å². The molecule has 3 atom stereocenters. The number of methoxy groups -OCH3 is 1. The number of unbranched alkanes of at least 4 members (excludes halogenated alkanes) is 3. The van der Waals surface area contributed by atoms with Crippen LogP contribution in [0, 0.1) is 28.9 Å². The van der Waals surface area contributed by atoms with Gasteiger partial charge < -0.3 is 19.9 Å². The van der Waals surface area contributed by atoms with Crippen molar-refractivity contribution in [3.63, 3.8) is 0 Å². The number of aromatic nitrogens is 2. The fraction of sp³-hybridized carbons (Fsp3) is 0.486. The summed E-state index contributed by atoms with van der Waals surface area (Å²) in [5, 5.41) is 20.8. The molecular formula is C35H42F2N6O2. The summed E-state index contributed by atoms with van der Waals surface area (Å²) in [6, 6.07) is 17.5. The minimum absolute atomic E-state index is 0.0240. The Hall–Kier alpha value is -4.10. The van der Waals surface area contributed by atoms with Gasteiger partial charge in [0.15, 0.2) is 11.5 Å². The van der Waals surface area contributed by atoms with Crippen LogP contribution in [-0.4, -0.2) is 66.9 Å². The molecule has 8 nitrogen and oxygen atoms in total. The quantitative estimate of drug-likeness (QED) is 0.279. The Morgan fingerprint density at radius 2 is 1.91 bits per heavy atom. The van der Waals surface area contributed by atoms with E-state index in [4.69, 9.17) is 10.00 Å². The summed E-state index contributed by atoms with van der Waals surface area (Å²) in [6.45, 7) is 2.63. The Balaban J connectivity index is 1.12. The van der Waals surface area contributed by atoms with Gasteiger partial charge in [0, 0.05) is 50.7 Å². The van der Waals surface area contributed by atoms with Crippen LogP contribution in [0.2, 0.25) is 0 Å². The van der Waals surface area contributed by atoms with E-state index < -0.39 is 23.5 Å². The van der Waals surface area contributed by atoms with Gasteiger partial charge in [0.25, 0.3) is 0 Å². The average molecular weight is 617 g/mol. The van der Waals surface area contributed by atoms with Crippen molar-refractivity contribution in [2.45, 2.75) is 63.3 Å². The Kier molecular flexibility index (Phi) is 11.3. The number of nitrogens with zero attached hydrogens (tertiary/aromatic N) is 5. The first-order valence-electron chi connectivity index (χ1n) is 16.0. The van der Waals surface area contributed by atoms with E-state index in [9.17, 15) is 13.6 Å². The second kappa shape index (κ2) is 15.8. The van der Waals surface area contributed by atoms with Crippen LogP contribution in [-0.2, 0) is 11.2 Å². The van der Waals surface area contributed by atoms with Gasteiger partial charge in [0.1, 0.15) is 23.5 Å².